The molecule has 1 amide bonds. The standard InChI is InChI=1S/C15H23N3O/c1-11(12-5-4-6-13(16)9-12)17(2)10-15(19)18(3)14-7-8-14/h4-6,9,11,14H,7-8,10,16H2,1-3H3. The fourth-order valence-corrected chi connectivity index (χ4v) is 2.20. The van der Waals surface area contributed by atoms with Crippen molar-refractivity contribution in [2.24, 2.45) is 0 Å². The molecule has 1 aromatic carbocycles. The smallest absolute Gasteiger partial charge is 0.236 e. The van der Waals surface area contributed by atoms with Crippen molar-refractivity contribution in [2.45, 2.75) is 31.8 Å². The number of nitrogens with zero attached hydrogens (tertiary/aromatic N) is 2. The Kier molecular flexibility index (Phi) is 4.10. The molecule has 1 atom stereocenters. The van der Waals surface area contributed by atoms with Crippen LogP contribution in [0.25, 0.3) is 0 Å². The first-order chi connectivity index (χ1) is 8.99. The third-order valence-corrected chi connectivity index (χ3v) is 3.93. The highest BCUT2D eigenvalue weighted by Crippen LogP contribution is 2.26. The maximum absolute atomic E-state index is 12.1. The molecule has 1 fully saturated rings. The molecule has 1 aliphatic carbocycles. The maximum atomic E-state index is 12.1. The first-order valence-corrected chi connectivity index (χ1v) is 6.80. The molecule has 2 rings (SSSR count). The molecular weight excluding hydrogens is 238 g/mol. The van der Waals surface area contributed by atoms with Crippen LogP contribution in [0.15, 0.2) is 24.3 Å². The SMILES string of the molecule is CC(c1cccc(N)c1)N(C)CC(=O)N(C)C1CC1. The monoisotopic (exact) mass is 261 g/mol. The second kappa shape index (κ2) is 5.61. The van der Waals surface area contributed by atoms with Gasteiger partial charge in [-0.1, -0.05) is 12.1 Å². The molecule has 0 saturated heterocycles. The van der Waals surface area contributed by atoms with E-state index in [0.717, 1.165) is 24.1 Å². The van der Waals surface area contributed by atoms with Gasteiger partial charge in [-0.15, -0.1) is 0 Å². The van der Waals surface area contributed by atoms with E-state index >= 15 is 0 Å². The minimum Gasteiger partial charge on any atom is -0.399 e. The second-order valence-electron chi connectivity index (χ2n) is 5.50. The highest BCUT2D eigenvalue weighted by Gasteiger charge is 2.30. The fourth-order valence-electron chi connectivity index (χ4n) is 2.20. The van der Waals surface area contributed by atoms with E-state index < -0.39 is 0 Å². The topological polar surface area (TPSA) is 49.6 Å². The predicted molar refractivity (Wildman–Crippen MR) is 77.7 cm³/mol. The van der Waals surface area contributed by atoms with Gasteiger partial charge in [-0.05, 0) is 44.5 Å². The largest absolute Gasteiger partial charge is 0.399 e. The number of likely N-dealkylation sites (N-methyl/N-ethyl adjacent to an activating group) is 2. The molecule has 0 spiro atoms. The molecule has 0 bridgehead atoms. The number of amides is 1. The molecule has 0 aliphatic heterocycles. The van der Waals surface area contributed by atoms with Crippen LogP contribution in [-0.2, 0) is 4.79 Å². The minimum atomic E-state index is 0.181. The molecule has 0 radical (unpaired) electrons. The van der Waals surface area contributed by atoms with Crippen molar-refractivity contribution in [3.8, 4) is 0 Å². The van der Waals surface area contributed by atoms with Crippen molar-refractivity contribution in [3.05, 3.63) is 29.8 Å². The van der Waals surface area contributed by atoms with Gasteiger partial charge in [0.1, 0.15) is 0 Å². The summed E-state index contributed by atoms with van der Waals surface area (Å²) < 4.78 is 0. The number of carbonyl (C=O) groups is 1. The number of nitrogen functional groups attached to an aromatic ring is 1. The van der Waals surface area contributed by atoms with Crippen molar-refractivity contribution in [1.82, 2.24) is 9.80 Å². The summed E-state index contributed by atoms with van der Waals surface area (Å²) in [5.41, 5.74) is 7.71. The lowest BCUT2D eigenvalue weighted by atomic mass is 10.1. The van der Waals surface area contributed by atoms with Crippen LogP contribution in [0.5, 0.6) is 0 Å². The number of rotatable bonds is 5. The second-order valence-corrected chi connectivity index (χ2v) is 5.50. The molecule has 4 heteroatoms. The van der Waals surface area contributed by atoms with Crippen LogP contribution in [0.1, 0.15) is 31.4 Å². The highest BCUT2D eigenvalue weighted by atomic mass is 16.2. The van der Waals surface area contributed by atoms with Gasteiger partial charge in [-0.2, -0.15) is 0 Å². The Bertz CT molecular complexity index is 456. The molecule has 1 unspecified atom stereocenters. The lowest BCUT2D eigenvalue weighted by Gasteiger charge is -2.27. The van der Waals surface area contributed by atoms with E-state index in [-0.39, 0.29) is 11.9 Å². The zero-order valence-electron chi connectivity index (χ0n) is 12.0. The van der Waals surface area contributed by atoms with Gasteiger partial charge in [0.15, 0.2) is 0 Å². The van der Waals surface area contributed by atoms with Crippen LogP contribution in [0.2, 0.25) is 0 Å². The van der Waals surface area contributed by atoms with Gasteiger partial charge in [0.2, 0.25) is 5.91 Å². The molecule has 104 valence electrons. The van der Waals surface area contributed by atoms with Crippen LogP contribution in [0, 0.1) is 0 Å². The number of hydrogen-bond donors (Lipinski definition) is 1. The zero-order valence-corrected chi connectivity index (χ0v) is 12.0. The third-order valence-electron chi connectivity index (χ3n) is 3.93. The van der Waals surface area contributed by atoms with E-state index in [1.807, 2.05) is 43.3 Å². The highest BCUT2D eigenvalue weighted by molar-refractivity contribution is 5.78. The molecule has 19 heavy (non-hydrogen) atoms. The lowest BCUT2D eigenvalue weighted by Crippen LogP contribution is -2.38. The maximum Gasteiger partial charge on any atom is 0.236 e. The number of benzene rings is 1. The summed E-state index contributed by atoms with van der Waals surface area (Å²) in [6.07, 6.45) is 2.30. The van der Waals surface area contributed by atoms with Gasteiger partial charge in [0.25, 0.3) is 0 Å². The number of anilines is 1. The third kappa shape index (κ3) is 3.47. The lowest BCUT2D eigenvalue weighted by molar-refractivity contribution is -0.131. The van der Waals surface area contributed by atoms with E-state index in [1.54, 1.807) is 0 Å². The first-order valence-electron chi connectivity index (χ1n) is 6.80. The van der Waals surface area contributed by atoms with Crippen molar-refractivity contribution >= 4 is 11.6 Å². The molecule has 4 nitrogen and oxygen atoms in total. The van der Waals surface area contributed by atoms with Crippen LogP contribution in [-0.4, -0.2) is 42.4 Å². The van der Waals surface area contributed by atoms with Crippen LogP contribution < -0.4 is 5.73 Å². The zero-order chi connectivity index (χ0) is 14.0. The van der Waals surface area contributed by atoms with E-state index in [9.17, 15) is 4.79 Å². The van der Waals surface area contributed by atoms with E-state index in [2.05, 4.69) is 11.8 Å². The van der Waals surface area contributed by atoms with Gasteiger partial charge in [-0.3, -0.25) is 9.69 Å². The number of hydrogen-bond acceptors (Lipinski definition) is 3. The average Bonchev–Trinajstić information content (AvgIpc) is 3.21. The fraction of sp³-hybridized carbons (Fsp3) is 0.533. The average molecular weight is 261 g/mol. The van der Waals surface area contributed by atoms with Crippen molar-refractivity contribution < 1.29 is 4.79 Å². The van der Waals surface area contributed by atoms with Crippen LogP contribution in [0.4, 0.5) is 5.69 Å². The van der Waals surface area contributed by atoms with E-state index in [0.29, 0.717) is 12.6 Å². The summed E-state index contributed by atoms with van der Waals surface area (Å²) >= 11 is 0. The van der Waals surface area contributed by atoms with Crippen molar-refractivity contribution in [3.63, 3.8) is 0 Å². The van der Waals surface area contributed by atoms with Crippen LogP contribution in [0.3, 0.4) is 0 Å². The van der Waals surface area contributed by atoms with Gasteiger partial charge < -0.3 is 10.6 Å². The Morgan fingerprint density at radius 3 is 2.68 bits per heavy atom. The molecule has 0 aromatic heterocycles. The summed E-state index contributed by atoms with van der Waals surface area (Å²) in [4.78, 5) is 16.0. The summed E-state index contributed by atoms with van der Waals surface area (Å²) in [6, 6.07) is 8.50. The molecule has 1 saturated carbocycles. The summed E-state index contributed by atoms with van der Waals surface area (Å²) in [7, 11) is 3.88. The number of nitrogens with two attached hydrogens (primary N) is 1. The predicted octanol–water partition coefficient (Wildman–Crippen LogP) is 1.88. The van der Waals surface area contributed by atoms with Gasteiger partial charge >= 0.3 is 0 Å². The Hall–Kier alpha value is -1.55. The van der Waals surface area contributed by atoms with Crippen molar-refractivity contribution in [1.29, 1.82) is 0 Å². The van der Waals surface area contributed by atoms with Crippen LogP contribution >= 0.6 is 0 Å². The molecule has 1 aliphatic rings. The Morgan fingerprint density at radius 1 is 1.42 bits per heavy atom. The van der Waals surface area contributed by atoms with E-state index in [1.165, 1.54) is 0 Å². The summed E-state index contributed by atoms with van der Waals surface area (Å²) in [5, 5.41) is 0. The summed E-state index contributed by atoms with van der Waals surface area (Å²) in [5.74, 6) is 0.195. The van der Waals surface area contributed by atoms with Gasteiger partial charge in [0, 0.05) is 24.8 Å². The molecule has 2 N–H and O–H groups in total. The van der Waals surface area contributed by atoms with Gasteiger partial charge in [0.05, 0.1) is 6.54 Å². The molecule has 0 heterocycles. The first kappa shape index (κ1) is 13.9. The van der Waals surface area contributed by atoms with Crippen molar-refractivity contribution in [2.75, 3.05) is 26.4 Å². The molecular formula is C15H23N3O. The quantitative estimate of drug-likeness (QED) is 0.823. The minimum absolute atomic E-state index is 0.181. The van der Waals surface area contributed by atoms with Gasteiger partial charge in [-0.25, -0.2) is 0 Å². The normalized spacial score (nSPS) is 16.4. The Morgan fingerprint density at radius 2 is 2.11 bits per heavy atom. The Balaban J connectivity index is 1.95. The Labute approximate surface area is 115 Å². The molecule has 1 aromatic rings. The van der Waals surface area contributed by atoms with E-state index in [4.69, 9.17) is 5.73 Å². The number of carbonyl (C=O) groups excluding carboxylic acids is 1. The summed E-state index contributed by atoms with van der Waals surface area (Å²) in [6.45, 7) is 2.54.